The highest BCUT2D eigenvalue weighted by Gasteiger charge is 2.32. The van der Waals surface area contributed by atoms with Gasteiger partial charge in [0.1, 0.15) is 18.0 Å². The molecule has 1 heterocycles. The monoisotopic (exact) mass is 292 g/mol. The molecular weight excluding hydrogens is 264 g/mol. The molecule has 1 aromatic heterocycles. The highest BCUT2D eigenvalue weighted by atomic mass is 16.3. The minimum Gasteiger partial charge on any atom is -0.388 e. The predicted octanol–water partition coefficient (Wildman–Crippen LogP) is 2.99. The van der Waals surface area contributed by atoms with Gasteiger partial charge < -0.3 is 15.7 Å². The van der Waals surface area contributed by atoms with Crippen LogP contribution in [0.2, 0.25) is 0 Å². The number of aromatic nitrogens is 2. The molecule has 0 radical (unpaired) electrons. The average Bonchev–Trinajstić information content (AvgIpc) is 2.48. The van der Waals surface area contributed by atoms with Gasteiger partial charge in [-0.05, 0) is 37.5 Å². The molecule has 0 unspecified atom stereocenters. The molecule has 1 aromatic rings. The van der Waals surface area contributed by atoms with E-state index in [1.165, 1.54) is 0 Å². The van der Waals surface area contributed by atoms with Crippen LogP contribution in [0, 0.1) is 5.92 Å². The first-order valence-corrected chi connectivity index (χ1v) is 7.94. The van der Waals surface area contributed by atoms with Crippen molar-refractivity contribution in [3.05, 3.63) is 11.9 Å². The van der Waals surface area contributed by atoms with Crippen LogP contribution in [0.25, 0.3) is 0 Å². The Morgan fingerprint density at radius 3 is 2.48 bits per heavy atom. The second-order valence-electron chi connectivity index (χ2n) is 6.65. The molecule has 0 amide bonds. The number of aliphatic hydroxyl groups is 1. The van der Waals surface area contributed by atoms with Gasteiger partial charge in [0, 0.05) is 19.2 Å². The number of hydrogen-bond donors (Lipinski definition) is 3. The van der Waals surface area contributed by atoms with Gasteiger partial charge in [-0.2, -0.15) is 0 Å². The van der Waals surface area contributed by atoms with E-state index in [9.17, 15) is 5.11 Å². The van der Waals surface area contributed by atoms with E-state index in [0.717, 1.165) is 48.8 Å². The van der Waals surface area contributed by atoms with E-state index in [4.69, 9.17) is 0 Å². The van der Waals surface area contributed by atoms with Crippen molar-refractivity contribution in [2.75, 3.05) is 24.2 Å². The van der Waals surface area contributed by atoms with Crippen LogP contribution >= 0.6 is 0 Å². The molecular formula is C16H28N4O. The lowest BCUT2D eigenvalue weighted by Gasteiger charge is -2.35. The van der Waals surface area contributed by atoms with Crippen molar-refractivity contribution in [2.24, 2.45) is 5.92 Å². The zero-order valence-electron chi connectivity index (χ0n) is 13.6. The van der Waals surface area contributed by atoms with Crippen molar-refractivity contribution in [3.63, 3.8) is 0 Å². The molecule has 0 spiro atoms. The minimum absolute atomic E-state index is 0.317. The fraction of sp³-hybridized carbons (Fsp3) is 0.750. The van der Waals surface area contributed by atoms with Crippen molar-refractivity contribution in [3.8, 4) is 0 Å². The van der Waals surface area contributed by atoms with Crippen LogP contribution in [-0.4, -0.2) is 34.3 Å². The molecule has 1 saturated carbocycles. The zero-order chi connectivity index (χ0) is 15.5. The number of rotatable bonds is 5. The molecule has 1 aliphatic rings. The maximum Gasteiger partial charge on any atom is 0.135 e. The summed E-state index contributed by atoms with van der Waals surface area (Å²) in [7, 11) is 1.87. The molecule has 118 valence electrons. The highest BCUT2D eigenvalue weighted by Crippen LogP contribution is 2.33. The lowest BCUT2D eigenvalue weighted by atomic mass is 9.79. The first kappa shape index (κ1) is 16.0. The summed E-state index contributed by atoms with van der Waals surface area (Å²) in [6.07, 6.45) is 5.48. The highest BCUT2D eigenvalue weighted by molar-refractivity contribution is 5.58. The lowest BCUT2D eigenvalue weighted by molar-refractivity contribution is 0.00493. The quantitative estimate of drug-likeness (QED) is 0.778. The molecule has 0 bridgehead atoms. The SMILES string of the molecule is CNc1ncnc(NCC2(O)CCC(C)CC2)c1C(C)C. The van der Waals surface area contributed by atoms with E-state index < -0.39 is 5.60 Å². The van der Waals surface area contributed by atoms with Gasteiger partial charge in [-0.15, -0.1) is 0 Å². The lowest BCUT2D eigenvalue weighted by Crippen LogP contribution is -2.40. The predicted molar refractivity (Wildman–Crippen MR) is 86.7 cm³/mol. The van der Waals surface area contributed by atoms with Gasteiger partial charge in [0.15, 0.2) is 0 Å². The third-order valence-corrected chi connectivity index (χ3v) is 4.49. The molecule has 5 nitrogen and oxygen atoms in total. The Morgan fingerprint density at radius 1 is 1.29 bits per heavy atom. The van der Waals surface area contributed by atoms with Crippen LogP contribution in [-0.2, 0) is 0 Å². The van der Waals surface area contributed by atoms with Crippen molar-refractivity contribution in [1.82, 2.24) is 9.97 Å². The Balaban J connectivity index is 2.09. The number of hydrogen-bond acceptors (Lipinski definition) is 5. The van der Waals surface area contributed by atoms with Gasteiger partial charge in [-0.1, -0.05) is 20.8 Å². The largest absolute Gasteiger partial charge is 0.388 e. The minimum atomic E-state index is -0.606. The van der Waals surface area contributed by atoms with E-state index in [2.05, 4.69) is 41.4 Å². The van der Waals surface area contributed by atoms with Crippen LogP contribution < -0.4 is 10.6 Å². The van der Waals surface area contributed by atoms with E-state index in [-0.39, 0.29) is 0 Å². The topological polar surface area (TPSA) is 70.1 Å². The van der Waals surface area contributed by atoms with Crippen molar-refractivity contribution >= 4 is 11.6 Å². The van der Waals surface area contributed by atoms with Crippen LogP contribution in [0.15, 0.2) is 6.33 Å². The molecule has 1 aliphatic carbocycles. The molecule has 0 aliphatic heterocycles. The van der Waals surface area contributed by atoms with Crippen molar-refractivity contribution < 1.29 is 5.11 Å². The summed E-state index contributed by atoms with van der Waals surface area (Å²) in [4.78, 5) is 8.64. The van der Waals surface area contributed by atoms with E-state index in [1.54, 1.807) is 6.33 Å². The summed E-state index contributed by atoms with van der Waals surface area (Å²) in [6, 6.07) is 0. The number of anilines is 2. The molecule has 21 heavy (non-hydrogen) atoms. The fourth-order valence-electron chi connectivity index (χ4n) is 3.01. The van der Waals surface area contributed by atoms with E-state index >= 15 is 0 Å². The summed E-state index contributed by atoms with van der Waals surface area (Å²) in [5, 5.41) is 17.2. The molecule has 0 atom stereocenters. The molecule has 5 heteroatoms. The first-order valence-electron chi connectivity index (χ1n) is 7.94. The maximum atomic E-state index is 10.7. The molecule has 0 saturated heterocycles. The Morgan fingerprint density at radius 2 is 1.90 bits per heavy atom. The van der Waals surface area contributed by atoms with Gasteiger partial charge >= 0.3 is 0 Å². The second kappa shape index (κ2) is 6.60. The summed E-state index contributed by atoms with van der Waals surface area (Å²) in [5.41, 5.74) is 0.471. The maximum absolute atomic E-state index is 10.7. The normalized spacial score (nSPS) is 25.9. The van der Waals surface area contributed by atoms with Crippen molar-refractivity contribution in [2.45, 2.75) is 58.0 Å². The van der Waals surface area contributed by atoms with Gasteiger partial charge in [-0.3, -0.25) is 0 Å². The standard InChI is InChI=1S/C16H28N4O/c1-11(2)13-14(17-4)19-10-20-15(13)18-9-16(21)7-5-12(3)6-8-16/h10-12,21H,5-9H2,1-4H3,(H2,17,18,19,20). The van der Waals surface area contributed by atoms with Crippen LogP contribution in [0.5, 0.6) is 0 Å². The molecule has 0 aromatic carbocycles. The Hall–Kier alpha value is -1.36. The summed E-state index contributed by atoms with van der Waals surface area (Å²) in [5.74, 6) is 2.73. The Bertz CT molecular complexity index is 467. The third kappa shape index (κ3) is 3.84. The fourth-order valence-corrected chi connectivity index (χ4v) is 3.01. The first-order chi connectivity index (χ1) is 9.95. The summed E-state index contributed by atoms with van der Waals surface area (Å²) >= 11 is 0. The van der Waals surface area contributed by atoms with Gasteiger partial charge in [0.05, 0.1) is 5.60 Å². The summed E-state index contributed by atoms with van der Waals surface area (Å²) in [6.45, 7) is 7.07. The third-order valence-electron chi connectivity index (χ3n) is 4.49. The van der Waals surface area contributed by atoms with Crippen molar-refractivity contribution in [1.29, 1.82) is 0 Å². The van der Waals surface area contributed by atoms with Crippen LogP contribution in [0.1, 0.15) is 57.9 Å². The average molecular weight is 292 g/mol. The smallest absolute Gasteiger partial charge is 0.135 e. The second-order valence-corrected chi connectivity index (χ2v) is 6.65. The Kier molecular flexibility index (Phi) is 5.04. The zero-order valence-corrected chi connectivity index (χ0v) is 13.6. The molecule has 2 rings (SSSR count). The number of nitrogens with zero attached hydrogens (tertiary/aromatic N) is 2. The van der Waals surface area contributed by atoms with Crippen LogP contribution in [0.3, 0.4) is 0 Å². The Labute approximate surface area is 127 Å². The van der Waals surface area contributed by atoms with Gasteiger partial charge in [-0.25, -0.2) is 9.97 Å². The summed E-state index contributed by atoms with van der Waals surface area (Å²) < 4.78 is 0. The van der Waals surface area contributed by atoms with E-state index in [0.29, 0.717) is 12.5 Å². The van der Waals surface area contributed by atoms with Gasteiger partial charge in [0.2, 0.25) is 0 Å². The van der Waals surface area contributed by atoms with Gasteiger partial charge in [0.25, 0.3) is 0 Å². The molecule has 3 N–H and O–H groups in total. The molecule has 1 fully saturated rings. The van der Waals surface area contributed by atoms with E-state index in [1.807, 2.05) is 7.05 Å². The van der Waals surface area contributed by atoms with Crippen LogP contribution in [0.4, 0.5) is 11.6 Å². The number of nitrogens with one attached hydrogen (secondary N) is 2.